The lowest BCUT2D eigenvalue weighted by Gasteiger charge is -2.12. The molecule has 0 atom stereocenters. The Labute approximate surface area is 146 Å². The Morgan fingerprint density at radius 2 is 1.68 bits per heavy atom. The highest BCUT2D eigenvalue weighted by Crippen LogP contribution is 2.35. The second kappa shape index (κ2) is 8.73. The average Bonchev–Trinajstić information content (AvgIpc) is 2.64. The molecule has 0 aliphatic heterocycles. The second-order valence-electron chi connectivity index (χ2n) is 5.09. The van der Waals surface area contributed by atoms with Gasteiger partial charge in [-0.05, 0) is 18.2 Å². The van der Waals surface area contributed by atoms with Crippen molar-refractivity contribution in [1.29, 1.82) is 0 Å². The summed E-state index contributed by atoms with van der Waals surface area (Å²) in [7, 11) is 4.58. The van der Waals surface area contributed by atoms with Gasteiger partial charge in [0.15, 0.2) is 11.5 Å². The van der Waals surface area contributed by atoms with Crippen LogP contribution in [-0.2, 0) is 11.3 Å². The summed E-state index contributed by atoms with van der Waals surface area (Å²) in [6.45, 7) is 0.110. The molecule has 2 aromatic carbocycles. The van der Waals surface area contributed by atoms with E-state index in [1.807, 2.05) is 0 Å². The molecule has 1 N–H and O–H groups in total. The molecule has 1 amide bonds. The molecule has 0 aliphatic rings. The van der Waals surface area contributed by atoms with Crippen LogP contribution in [0.15, 0.2) is 42.5 Å². The number of carbonyl (C=O) groups excluding carboxylic acids is 1. The first-order valence-electron chi connectivity index (χ1n) is 7.58. The number of hydrogen-bond donors (Lipinski definition) is 1. The van der Waals surface area contributed by atoms with Gasteiger partial charge < -0.3 is 19.5 Å². The third kappa shape index (κ3) is 4.73. The predicted octanol–water partition coefficient (Wildman–Crippen LogP) is 3.18. The normalized spacial score (nSPS) is 10.6. The van der Waals surface area contributed by atoms with Crippen LogP contribution in [0.25, 0.3) is 6.08 Å². The largest absolute Gasteiger partial charge is 0.496 e. The molecule has 5 nitrogen and oxygen atoms in total. The van der Waals surface area contributed by atoms with E-state index in [4.69, 9.17) is 14.2 Å². The first-order valence-corrected chi connectivity index (χ1v) is 7.58. The maximum Gasteiger partial charge on any atom is 0.244 e. The smallest absolute Gasteiger partial charge is 0.244 e. The molecule has 0 bridgehead atoms. The van der Waals surface area contributed by atoms with Crippen LogP contribution in [0.1, 0.15) is 11.1 Å². The minimum Gasteiger partial charge on any atom is -0.496 e. The van der Waals surface area contributed by atoms with Crippen LogP contribution in [0.2, 0.25) is 0 Å². The fourth-order valence-corrected chi connectivity index (χ4v) is 2.23. The van der Waals surface area contributed by atoms with E-state index < -0.39 is 0 Å². The lowest BCUT2D eigenvalue weighted by Crippen LogP contribution is -2.20. The van der Waals surface area contributed by atoms with Gasteiger partial charge in [-0.25, -0.2) is 4.39 Å². The summed E-state index contributed by atoms with van der Waals surface area (Å²) in [4.78, 5) is 12.0. The number of rotatable bonds is 7. The van der Waals surface area contributed by atoms with Gasteiger partial charge in [0, 0.05) is 29.8 Å². The monoisotopic (exact) mass is 345 g/mol. The van der Waals surface area contributed by atoms with Crippen LogP contribution in [0.4, 0.5) is 4.39 Å². The molecule has 0 heterocycles. The van der Waals surface area contributed by atoms with Crippen LogP contribution < -0.4 is 19.5 Å². The third-order valence-electron chi connectivity index (χ3n) is 3.56. The highest BCUT2D eigenvalue weighted by molar-refractivity contribution is 5.92. The zero-order chi connectivity index (χ0) is 18.2. The highest BCUT2D eigenvalue weighted by atomic mass is 19.1. The summed E-state index contributed by atoms with van der Waals surface area (Å²) in [6, 6.07) is 9.68. The van der Waals surface area contributed by atoms with Gasteiger partial charge >= 0.3 is 0 Å². The summed E-state index contributed by atoms with van der Waals surface area (Å²) >= 11 is 0. The first-order chi connectivity index (χ1) is 12.1. The van der Waals surface area contributed by atoms with Gasteiger partial charge in [-0.1, -0.05) is 18.2 Å². The Hall–Kier alpha value is -3.02. The summed E-state index contributed by atoms with van der Waals surface area (Å²) < 4.78 is 29.3. The van der Waals surface area contributed by atoms with Gasteiger partial charge in [0.25, 0.3) is 0 Å². The molecule has 6 heteroatoms. The number of methoxy groups -OCH3 is 3. The fraction of sp³-hybridized carbons (Fsp3) is 0.211. The van der Waals surface area contributed by atoms with Crippen LogP contribution in [-0.4, -0.2) is 27.2 Å². The number of nitrogens with one attached hydrogen (secondary N) is 1. The predicted molar refractivity (Wildman–Crippen MR) is 93.4 cm³/mol. The van der Waals surface area contributed by atoms with E-state index in [0.29, 0.717) is 28.4 Å². The molecule has 0 aromatic heterocycles. The zero-order valence-corrected chi connectivity index (χ0v) is 14.3. The van der Waals surface area contributed by atoms with Crippen LogP contribution in [0, 0.1) is 5.82 Å². The van der Waals surface area contributed by atoms with Crippen molar-refractivity contribution in [2.45, 2.75) is 6.54 Å². The topological polar surface area (TPSA) is 56.8 Å². The minimum absolute atomic E-state index is 0.110. The van der Waals surface area contributed by atoms with E-state index in [9.17, 15) is 9.18 Å². The number of amides is 1. The van der Waals surface area contributed by atoms with Crippen molar-refractivity contribution in [1.82, 2.24) is 5.32 Å². The molecule has 2 aromatic rings. The van der Waals surface area contributed by atoms with E-state index in [1.54, 1.807) is 36.4 Å². The molecule has 0 spiro atoms. The molecule has 2 rings (SSSR count). The lowest BCUT2D eigenvalue weighted by atomic mass is 10.1. The van der Waals surface area contributed by atoms with Crippen LogP contribution >= 0.6 is 0 Å². The fourth-order valence-electron chi connectivity index (χ4n) is 2.23. The Kier molecular flexibility index (Phi) is 6.39. The SMILES string of the molecule is COc1cc(OC)c(OC)cc1/C=C/C(=O)NCc1ccccc1F. The molecular formula is C19H20FNO4. The highest BCUT2D eigenvalue weighted by Gasteiger charge is 2.10. The Morgan fingerprint density at radius 1 is 1.04 bits per heavy atom. The van der Waals surface area contributed by atoms with E-state index in [0.717, 1.165) is 0 Å². The second-order valence-corrected chi connectivity index (χ2v) is 5.09. The number of benzene rings is 2. The van der Waals surface area contributed by atoms with Crippen LogP contribution in [0.3, 0.4) is 0 Å². The molecule has 0 aliphatic carbocycles. The van der Waals surface area contributed by atoms with Gasteiger partial charge in [-0.3, -0.25) is 4.79 Å². The molecule has 0 radical (unpaired) electrons. The maximum atomic E-state index is 13.5. The lowest BCUT2D eigenvalue weighted by molar-refractivity contribution is -0.116. The van der Waals surface area contributed by atoms with Crippen molar-refractivity contribution in [2.24, 2.45) is 0 Å². The number of carbonyl (C=O) groups is 1. The van der Waals surface area contributed by atoms with E-state index in [-0.39, 0.29) is 18.3 Å². The van der Waals surface area contributed by atoms with Gasteiger partial charge in [0.05, 0.1) is 21.3 Å². The van der Waals surface area contributed by atoms with E-state index in [1.165, 1.54) is 33.5 Å². The molecule has 0 fully saturated rings. The van der Waals surface area contributed by atoms with Crippen molar-refractivity contribution in [2.75, 3.05) is 21.3 Å². The number of ether oxygens (including phenoxy) is 3. The third-order valence-corrected chi connectivity index (χ3v) is 3.56. The number of hydrogen-bond acceptors (Lipinski definition) is 4. The Balaban J connectivity index is 2.10. The van der Waals surface area contributed by atoms with Crippen LogP contribution in [0.5, 0.6) is 17.2 Å². The van der Waals surface area contributed by atoms with Gasteiger partial charge in [-0.2, -0.15) is 0 Å². The summed E-state index contributed by atoms with van der Waals surface area (Å²) in [5.41, 5.74) is 1.08. The molecule has 25 heavy (non-hydrogen) atoms. The van der Waals surface area contributed by atoms with E-state index >= 15 is 0 Å². The van der Waals surface area contributed by atoms with Crippen molar-refractivity contribution >= 4 is 12.0 Å². The maximum absolute atomic E-state index is 13.5. The standard InChI is InChI=1S/C19H20FNO4/c1-23-16-11-18(25-3)17(24-2)10-13(16)8-9-19(22)21-12-14-6-4-5-7-15(14)20/h4-11H,12H2,1-3H3,(H,21,22)/b9-8+. The molecule has 132 valence electrons. The molecular weight excluding hydrogens is 325 g/mol. The van der Waals surface area contributed by atoms with Crippen molar-refractivity contribution < 1.29 is 23.4 Å². The number of halogens is 1. The van der Waals surface area contributed by atoms with Crippen molar-refractivity contribution in [3.63, 3.8) is 0 Å². The average molecular weight is 345 g/mol. The summed E-state index contributed by atoms with van der Waals surface area (Å²) in [6.07, 6.45) is 2.95. The van der Waals surface area contributed by atoms with Crippen molar-refractivity contribution in [3.05, 3.63) is 59.4 Å². The zero-order valence-electron chi connectivity index (χ0n) is 14.3. The van der Waals surface area contributed by atoms with Gasteiger partial charge in [-0.15, -0.1) is 0 Å². The molecule has 0 unspecified atom stereocenters. The Morgan fingerprint density at radius 3 is 2.32 bits per heavy atom. The van der Waals surface area contributed by atoms with Crippen molar-refractivity contribution in [3.8, 4) is 17.2 Å². The summed E-state index contributed by atoms with van der Waals surface area (Å²) in [5, 5.41) is 2.64. The van der Waals surface area contributed by atoms with E-state index in [2.05, 4.69) is 5.32 Å². The molecule has 0 saturated carbocycles. The first kappa shape index (κ1) is 18.3. The van der Waals surface area contributed by atoms with Gasteiger partial charge in [0.2, 0.25) is 5.91 Å². The Bertz CT molecular complexity index is 774. The van der Waals surface area contributed by atoms with Gasteiger partial charge in [0.1, 0.15) is 11.6 Å². The summed E-state index contributed by atoms with van der Waals surface area (Å²) in [5.74, 6) is 0.888. The molecule has 0 saturated heterocycles. The minimum atomic E-state index is -0.353. The quantitative estimate of drug-likeness (QED) is 0.783.